The van der Waals surface area contributed by atoms with Crippen LogP contribution < -0.4 is 10.2 Å². The van der Waals surface area contributed by atoms with E-state index in [1.165, 1.54) is 11.0 Å². The number of benzene rings is 1. The lowest BCUT2D eigenvalue weighted by Crippen LogP contribution is -3.16. The van der Waals surface area contributed by atoms with E-state index in [0.717, 1.165) is 4.90 Å². The van der Waals surface area contributed by atoms with Crippen LogP contribution in [0.2, 0.25) is 0 Å². The monoisotopic (exact) mass is 400 g/mol. The predicted molar refractivity (Wildman–Crippen MR) is 108 cm³/mol. The SMILES string of the molecule is CN(CC(=O)N1CC[NH+](CC(=O)NC(C)(C)C)CC1)C(=O)c1cccc(C#N)c1. The zero-order chi connectivity index (χ0) is 21.6. The minimum Gasteiger partial charge on any atom is -0.347 e. The van der Waals surface area contributed by atoms with E-state index in [1.54, 1.807) is 30.1 Å². The number of likely N-dealkylation sites (N-methyl/N-ethyl adjacent to an activating group) is 1. The van der Waals surface area contributed by atoms with Crippen LogP contribution in [0.1, 0.15) is 36.7 Å². The molecule has 0 radical (unpaired) electrons. The average molecular weight is 401 g/mol. The molecule has 0 bridgehead atoms. The maximum absolute atomic E-state index is 12.6. The van der Waals surface area contributed by atoms with Crippen LogP contribution in [0, 0.1) is 11.3 Å². The molecule has 0 atom stereocenters. The standard InChI is InChI=1S/C21H29N5O3/c1-21(2,3)23-18(27)14-25-8-10-26(11-9-25)19(28)15-24(4)20(29)17-7-5-6-16(12-17)13-22/h5-7,12H,8-11,14-15H2,1-4H3,(H,23,27)/p+1. The van der Waals surface area contributed by atoms with Crippen molar-refractivity contribution in [1.82, 2.24) is 15.1 Å². The van der Waals surface area contributed by atoms with E-state index in [0.29, 0.717) is 43.9 Å². The van der Waals surface area contributed by atoms with Crippen LogP contribution in [-0.2, 0) is 9.59 Å². The third-order valence-electron chi connectivity index (χ3n) is 4.71. The Balaban J connectivity index is 1.82. The Morgan fingerprint density at radius 1 is 1.24 bits per heavy atom. The van der Waals surface area contributed by atoms with Crippen molar-refractivity contribution in [3.8, 4) is 6.07 Å². The van der Waals surface area contributed by atoms with Crippen LogP contribution in [0.5, 0.6) is 0 Å². The van der Waals surface area contributed by atoms with Crippen molar-refractivity contribution < 1.29 is 19.3 Å². The molecular formula is C21H30N5O3+. The maximum atomic E-state index is 12.6. The van der Waals surface area contributed by atoms with Crippen molar-refractivity contribution in [2.24, 2.45) is 0 Å². The van der Waals surface area contributed by atoms with Crippen LogP contribution >= 0.6 is 0 Å². The molecule has 156 valence electrons. The molecule has 0 spiro atoms. The Morgan fingerprint density at radius 2 is 1.90 bits per heavy atom. The fourth-order valence-corrected chi connectivity index (χ4v) is 3.26. The molecule has 1 heterocycles. The first-order valence-electron chi connectivity index (χ1n) is 9.77. The zero-order valence-electron chi connectivity index (χ0n) is 17.6. The van der Waals surface area contributed by atoms with Crippen molar-refractivity contribution in [3.05, 3.63) is 35.4 Å². The summed E-state index contributed by atoms with van der Waals surface area (Å²) in [5, 5.41) is 11.9. The normalized spacial score (nSPS) is 14.8. The highest BCUT2D eigenvalue weighted by Crippen LogP contribution is 2.07. The van der Waals surface area contributed by atoms with Crippen LogP contribution in [0.15, 0.2) is 24.3 Å². The van der Waals surface area contributed by atoms with E-state index in [9.17, 15) is 14.4 Å². The van der Waals surface area contributed by atoms with Crippen LogP contribution in [0.4, 0.5) is 0 Å². The molecule has 8 heteroatoms. The first kappa shape index (κ1) is 22.4. The number of rotatable bonds is 5. The number of carbonyl (C=O) groups excluding carboxylic acids is 3. The summed E-state index contributed by atoms with van der Waals surface area (Å²) in [6.07, 6.45) is 0. The van der Waals surface area contributed by atoms with Gasteiger partial charge in [0.1, 0.15) is 0 Å². The lowest BCUT2D eigenvalue weighted by Gasteiger charge is -2.33. The second-order valence-corrected chi connectivity index (χ2v) is 8.46. The highest BCUT2D eigenvalue weighted by molar-refractivity contribution is 5.96. The average Bonchev–Trinajstić information content (AvgIpc) is 2.66. The molecule has 0 unspecified atom stereocenters. The zero-order valence-corrected chi connectivity index (χ0v) is 17.6. The number of hydrogen-bond donors (Lipinski definition) is 2. The van der Waals surface area contributed by atoms with Gasteiger partial charge in [-0.25, -0.2) is 0 Å². The number of hydrogen-bond acceptors (Lipinski definition) is 4. The molecule has 8 nitrogen and oxygen atoms in total. The van der Waals surface area contributed by atoms with E-state index >= 15 is 0 Å². The molecular weight excluding hydrogens is 370 g/mol. The molecule has 1 fully saturated rings. The van der Waals surface area contributed by atoms with Crippen molar-refractivity contribution in [2.75, 3.05) is 46.3 Å². The van der Waals surface area contributed by atoms with Crippen LogP contribution in [0.3, 0.4) is 0 Å². The Morgan fingerprint density at radius 3 is 2.48 bits per heavy atom. The topological polar surface area (TPSA) is 97.9 Å². The number of amides is 3. The fraction of sp³-hybridized carbons (Fsp3) is 0.524. The molecule has 1 aliphatic heterocycles. The van der Waals surface area contributed by atoms with E-state index < -0.39 is 0 Å². The van der Waals surface area contributed by atoms with Gasteiger partial charge in [0.05, 0.1) is 44.4 Å². The fourth-order valence-electron chi connectivity index (χ4n) is 3.26. The summed E-state index contributed by atoms with van der Waals surface area (Å²) in [5.41, 5.74) is 0.543. The summed E-state index contributed by atoms with van der Waals surface area (Å²) < 4.78 is 0. The van der Waals surface area contributed by atoms with Gasteiger partial charge in [-0.3, -0.25) is 14.4 Å². The number of nitriles is 1. The largest absolute Gasteiger partial charge is 0.347 e. The highest BCUT2D eigenvalue weighted by Gasteiger charge is 2.27. The molecule has 1 saturated heterocycles. The second kappa shape index (κ2) is 9.52. The molecule has 3 amide bonds. The summed E-state index contributed by atoms with van der Waals surface area (Å²) in [6, 6.07) is 8.45. The first-order chi connectivity index (χ1) is 13.6. The molecule has 2 N–H and O–H groups in total. The Kier molecular flexibility index (Phi) is 7.35. The summed E-state index contributed by atoms with van der Waals surface area (Å²) in [7, 11) is 1.58. The van der Waals surface area contributed by atoms with Crippen molar-refractivity contribution in [1.29, 1.82) is 5.26 Å². The molecule has 0 aliphatic carbocycles. The van der Waals surface area contributed by atoms with Gasteiger partial charge in [0, 0.05) is 18.2 Å². The molecule has 1 aliphatic rings. The smallest absolute Gasteiger partial charge is 0.275 e. The second-order valence-electron chi connectivity index (χ2n) is 8.46. The lowest BCUT2D eigenvalue weighted by atomic mass is 10.1. The third-order valence-corrected chi connectivity index (χ3v) is 4.71. The van der Waals surface area contributed by atoms with Crippen LogP contribution in [0.25, 0.3) is 0 Å². The van der Waals surface area contributed by atoms with Gasteiger partial charge in [-0.15, -0.1) is 0 Å². The molecule has 0 aromatic heterocycles. The minimum absolute atomic E-state index is 0.0113. The first-order valence-corrected chi connectivity index (χ1v) is 9.77. The number of piperazine rings is 1. The van der Waals surface area contributed by atoms with E-state index in [4.69, 9.17) is 5.26 Å². The van der Waals surface area contributed by atoms with Gasteiger partial charge >= 0.3 is 0 Å². The summed E-state index contributed by atoms with van der Waals surface area (Å²) in [5.74, 6) is -0.397. The van der Waals surface area contributed by atoms with Gasteiger partial charge in [0.2, 0.25) is 5.91 Å². The highest BCUT2D eigenvalue weighted by atomic mass is 16.2. The lowest BCUT2D eigenvalue weighted by molar-refractivity contribution is -0.896. The number of quaternary nitrogens is 1. The Hall–Kier alpha value is -2.92. The Bertz CT molecular complexity index is 801. The quantitative estimate of drug-likeness (QED) is 0.681. The van der Waals surface area contributed by atoms with Crippen LogP contribution in [-0.4, -0.2) is 79.4 Å². The number of nitrogens with one attached hydrogen (secondary N) is 2. The van der Waals surface area contributed by atoms with Gasteiger partial charge < -0.3 is 20.0 Å². The van der Waals surface area contributed by atoms with E-state index in [2.05, 4.69) is 5.32 Å². The summed E-state index contributed by atoms with van der Waals surface area (Å²) in [4.78, 5) is 41.4. The minimum atomic E-state index is -0.293. The predicted octanol–water partition coefficient (Wildman–Crippen LogP) is -0.728. The Labute approximate surface area is 172 Å². The summed E-state index contributed by atoms with van der Waals surface area (Å²) >= 11 is 0. The summed E-state index contributed by atoms with van der Waals surface area (Å²) in [6.45, 7) is 8.74. The van der Waals surface area contributed by atoms with Gasteiger partial charge in [-0.2, -0.15) is 5.26 Å². The van der Waals surface area contributed by atoms with E-state index in [1.807, 2.05) is 26.8 Å². The molecule has 29 heavy (non-hydrogen) atoms. The van der Waals surface area contributed by atoms with Crippen molar-refractivity contribution in [2.45, 2.75) is 26.3 Å². The van der Waals surface area contributed by atoms with Gasteiger partial charge in [-0.05, 0) is 39.0 Å². The molecule has 1 aromatic carbocycles. The number of carbonyl (C=O) groups is 3. The van der Waals surface area contributed by atoms with Gasteiger partial charge in [-0.1, -0.05) is 6.07 Å². The van der Waals surface area contributed by atoms with Gasteiger partial charge in [0.25, 0.3) is 11.8 Å². The third kappa shape index (κ3) is 6.88. The molecule has 0 saturated carbocycles. The number of nitrogens with zero attached hydrogens (tertiary/aromatic N) is 3. The van der Waals surface area contributed by atoms with E-state index in [-0.39, 0.29) is 29.8 Å². The van der Waals surface area contributed by atoms with Crippen molar-refractivity contribution >= 4 is 17.7 Å². The maximum Gasteiger partial charge on any atom is 0.275 e. The molecule has 2 rings (SSSR count). The van der Waals surface area contributed by atoms with Crippen molar-refractivity contribution in [3.63, 3.8) is 0 Å². The van der Waals surface area contributed by atoms with Gasteiger partial charge in [0.15, 0.2) is 6.54 Å². The molecule has 1 aromatic rings.